The Morgan fingerprint density at radius 3 is 2.39 bits per heavy atom. The third-order valence-electron chi connectivity index (χ3n) is 3.41. The Morgan fingerprint density at radius 2 is 1.78 bits per heavy atom. The Balaban J connectivity index is 2.76. The first-order chi connectivity index (χ1) is 8.41. The lowest BCUT2D eigenvalue weighted by molar-refractivity contribution is -0.138. The molecule has 0 saturated heterocycles. The molecule has 0 aliphatic rings. The summed E-state index contributed by atoms with van der Waals surface area (Å²) in [5, 5.41) is 10.2. The molecular formula is C15H17NO2. The van der Waals surface area contributed by atoms with Gasteiger partial charge in [-0.25, -0.2) is 0 Å². The van der Waals surface area contributed by atoms with Gasteiger partial charge in [0.05, 0.1) is 17.1 Å². The van der Waals surface area contributed by atoms with Crippen molar-refractivity contribution in [3.8, 4) is 0 Å². The van der Waals surface area contributed by atoms with Crippen LogP contribution < -0.4 is 0 Å². The van der Waals surface area contributed by atoms with Gasteiger partial charge in [-0.2, -0.15) is 0 Å². The Kier molecular flexibility index (Phi) is 3.07. The molecule has 1 unspecified atom stereocenters. The van der Waals surface area contributed by atoms with Crippen molar-refractivity contribution in [2.45, 2.75) is 33.6 Å². The Labute approximate surface area is 106 Å². The SMILES string of the molecule is Cc1cc2c(C)ccc(C)c2nc1C(C)C(=O)O. The van der Waals surface area contributed by atoms with Crippen molar-refractivity contribution in [3.63, 3.8) is 0 Å². The fourth-order valence-electron chi connectivity index (χ4n) is 2.20. The monoisotopic (exact) mass is 243 g/mol. The van der Waals surface area contributed by atoms with E-state index in [1.165, 1.54) is 5.56 Å². The van der Waals surface area contributed by atoms with Crippen LogP contribution in [0.2, 0.25) is 0 Å². The Bertz CT molecular complexity index is 632. The first kappa shape index (κ1) is 12.6. The lowest BCUT2D eigenvalue weighted by Crippen LogP contribution is -2.11. The van der Waals surface area contributed by atoms with E-state index in [4.69, 9.17) is 5.11 Å². The summed E-state index contributed by atoms with van der Waals surface area (Å²) in [6, 6.07) is 6.13. The van der Waals surface area contributed by atoms with Gasteiger partial charge < -0.3 is 5.11 Å². The number of hydrogen-bond acceptors (Lipinski definition) is 2. The smallest absolute Gasteiger partial charge is 0.312 e. The molecule has 0 aliphatic carbocycles. The van der Waals surface area contributed by atoms with Crippen molar-refractivity contribution in [2.75, 3.05) is 0 Å². The number of benzene rings is 1. The number of nitrogens with zero attached hydrogens (tertiary/aromatic N) is 1. The summed E-state index contributed by atoms with van der Waals surface area (Å²) in [5.41, 5.74) is 4.74. The third kappa shape index (κ3) is 1.96. The maximum absolute atomic E-state index is 11.1. The standard InChI is InChI=1S/C15H17NO2/c1-8-5-6-9(2)14-12(8)7-10(3)13(16-14)11(4)15(17)18/h5-7,11H,1-4H3,(H,17,18). The Morgan fingerprint density at radius 1 is 1.17 bits per heavy atom. The molecule has 0 amide bonds. The predicted octanol–water partition coefficient (Wildman–Crippen LogP) is 3.35. The highest BCUT2D eigenvalue weighted by Crippen LogP contribution is 2.26. The van der Waals surface area contributed by atoms with Crippen molar-refractivity contribution in [1.29, 1.82) is 0 Å². The number of fused-ring (bicyclic) bond motifs is 1. The van der Waals surface area contributed by atoms with Gasteiger partial charge in [-0.1, -0.05) is 12.1 Å². The molecule has 1 N–H and O–H groups in total. The number of carboxylic acid groups (broad SMARTS) is 1. The summed E-state index contributed by atoms with van der Waals surface area (Å²) in [6.45, 7) is 7.64. The van der Waals surface area contributed by atoms with Gasteiger partial charge in [0.15, 0.2) is 0 Å². The molecule has 0 radical (unpaired) electrons. The van der Waals surface area contributed by atoms with E-state index in [-0.39, 0.29) is 0 Å². The second-order valence-electron chi connectivity index (χ2n) is 4.85. The van der Waals surface area contributed by atoms with Crippen molar-refractivity contribution in [2.24, 2.45) is 0 Å². The molecule has 1 heterocycles. The van der Waals surface area contributed by atoms with Gasteiger partial charge in [-0.05, 0) is 50.5 Å². The summed E-state index contributed by atoms with van der Waals surface area (Å²) < 4.78 is 0. The zero-order chi connectivity index (χ0) is 13.4. The van der Waals surface area contributed by atoms with Gasteiger partial charge in [0.1, 0.15) is 0 Å². The number of aromatic nitrogens is 1. The lowest BCUT2D eigenvalue weighted by atomic mass is 9.98. The minimum Gasteiger partial charge on any atom is -0.481 e. The van der Waals surface area contributed by atoms with Gasteiger partial charge in [0.25, 0.3) is 0 Å². The van der Waals surface area contributed by atoms with Crippen molar-refractivity contribution in [3.05, 3.63) is 40.6 Å². The molecule has 94 valence electrons. The van der Waals surface area contributed by atoms with E-state index in [9.17, 15) is 4.79 Å². The largest absolute Gasteiger partial charge is 0.481 e. The molecule has 18 heavy (non-hydrogen) atoms. The molecule has 0 fully saturated rings. The molecule has 0 saturated carbocycles. The van der Waals surface area contributed by atoms with Crippen molar-refractivity contribution in [1.82, 2.24) is 4.98 Å². The molecule has 3 heteroatoms. The molecule has 1 aromatic heterocycles. The van der Waals surface area contributed by atoms with Crippen LogP contribution in [0.15, 0.2) is 18.2 Å². The van der Waals surface area contributed by atoms with Crippen LogP contribution in [0.25, 0.3) is 10.9 Å². The summed E-state index contributed by atoms with van der Waals surface area (Å²) in [6.07, 6.45) is 0. The number of hydrogen-bond donors (Lipinski definition) is 1. The van der Waals surface area contributed by atoms with Crippen LogP contribution in [0.1, 0.15) is 35.2 Å². The third-order valence-corrected chi connectivity index (χ3v) is 3.41. The van der Waals surface area contributed by atoms with Gasteiger partial charge >= 0.3 is 5.97 Å². The fourth-order valence-corrected chi connectivity index (χ4v) is 2.20. The fraction of sp³-hybridized carbons (Fsp3) is 0.333. The first-order valence-electron chi connectivity index (χ1n) is 6.02. The van der Waals surface area contributed by atoms with Crippen LogP contribution in [0.3, 0.4) is 0 Å². The van der Waals surface area contributed by atoms with Crippen LogP contribution in [0.5, 0.6) is 0 Å². The molecule has 1 aromatic carbocycles. The summed E-state index contributed by atoms with van der Waals surface area (Å²) in [5.74, 6) is -1.41. The lowest BCUT2D eigenvalue weighted by Gasteiger charge is -2.13. The second kappa shape index (κ2) is 4.41. The van der Waals surface area contributed by atoms with Crippen LogP contribution in [-0.4, -0.2) is 16.1 Å². The van der Waals surface area contributed by atoms with Crippen molar-refractivity contribution >= 4 is 16.9 Å². The minimum atomic E-state index is -0.838. The predicted molar refractivity (Wildman–Crippen MR) is 72.0 cm³/mol. The highest BCUT2D eigenvalue weighted by molar-refractivity contribution is 5.87. The number of carboxylic acids is 1. The summed E-state index contributed by atoms with van der Waals surface area (Å²) in [4.78, 5) is 15.7. The maximum atomic E-state index is 11.1. The quantitative estimate of drug-likeness (QED) is 0.880. The van der Waals surface area contributed by atoms with E-state index >= 15 is 0 Å². The molecule has 2 rings (SSSR count). The minimum absolute atomic E-state index is 0.575. The topological polar surface area (TPSA) is 50.2 Å². The van der Waals surface area contributed by atoms with Crippen LogP contribution in [0.4, 0.5) is 0 Å². The summed E-state index contributed by atoms with van der Waals surface area (Å²) >= 11 is 0. The molecule has 0 aliphatic heterocycles. The average molecular weight is 243 g/mol. The molecule has 2 aromatic rings. The van der Waals surface area contributed by atoms with E-state index in [2.05, 4.69) is 11.1 Å². The average Bonchev–Trinajstić information content (AvgIpc) is 2.32. The van der Waals surface area contributed by atoms with Gasteiger partial charge in [-0.15, -0.1) is 0 Å². The van der Waals surface area contributed by atoms with Crippen molar-refractivity contribution < 1.29 is 9.90 Å². The molecular weight excluding hydrogens is 226 g/mol. The van der Waals surface area contributed by atoms with Gasteiger partial charge in [-0.3, -0.25) is 9.78 Å². The van der Waals surface area contributed by atoms with E-state index in [1.807, 2.05) is 32.9 Å². The first-order valence-corrected chi connectivity index (χ1v) is 6.02. The van der Waals surface area contributed by atoms with E-state index < -0.39 is 11.9 Å². The zero-order valence-electron chi connectivity index (χ0n) is 11.1. The van der Waals surface area contributed by atoms with E-state index in [1.54, 1.807) is 6.92 Å². The highest BCUT2D eigenvalue weighted by Gasteiger charge is 2.18. The van der Waals surface area contributed by atoms with Gasteiger partial charge in [0.2, 0.25) is 0 Å². The molecule has 0 spiro atoms. The van der Waals surface area contributed by atoms with Crippen LogP contribution in [-0.2, 0) is 4.79 Å². The normalized spacial score (nSPS) is 12.7. The number of aliphatic carboxylic acids is 1. The Hall–Kier alpha value is -1.90. The maximum Gasteiger partial charge on any atom is 0.312 e. The number of carbonyl (C=O) groups is 1. The number of rotatable bonds is 2. The van der Waals surface area contributed by atoms with E-state index in [0.717, 1.165) is 22.0 Å². The second-order valence-corrected chi connectivity index (χ2v) is 4.85. The molecule has 1 atom stereocenters. The molecule has 0 bridgehead atoms. The number of aryl methyl sites for hydroxylation is 3. The molecule has 3 nitrogen and oxygen atoms in total. The summed E-state index contributed by atoms with van der Waals surface area (Å²) in [7, 11) is 0. The van der Waals surface area contributed by atoms with Crippen LogP contribution in [0, 0.1) is 20.8 Å². The van der Waals surface area contributed by atoms with Crippen LogP contribution >= 0.6 is 0 Å². The highest BCUT2D eigenvalue weighted by atomic mass is 16.4. The number of pyridine rings is 1. The zero-order valence-corrected chi connectivity index (χ0v) is 11.1. The van der Waals surface area contributed by atoms with Gasteiger partial charge in [0, 0.05) is 5.39 Å². The van der Waals surface area contributed by atoms with E-state index in [0.29, 0.717) is 5.69 Å².